The molecule has 0 atom stereocenters. The number of aromatic nitrogens is 4. The number of rotatable bonds is 3. The standard InChI is InChI=1S/C15H21N5O3S/c1-9-10(2)19(3)13(16-9)8-20-6-5-12-11(7-20)14(21)18-15(17-12)24(4,22)23/h5-8H2,1-4H3,(H,17,18,21). The summed E-state index contributed by atoms with van der Waals surface area (Å²) in [5.74, 6) is 0.950. The number of aromatic amines is 1. The van der Waals surface area contributed by atoms with E-state index in [0.717, 1.165) is 23.5 Å². The molecule has 0 unspecified atom stereocenters. The maximum Gasteiger partial charge on any atom is 0.256 e. The van der Waals surface area contributed by atoms with Crippen LogP contribution in [-0.2, 0) is 36.4 Å². The fraction of sp³-hybridized carbons (Fsp3) is 0.533. The van der Waals surface area contributed by atoms with Crippen molar-refractivity contribution in [2.75, 3.05) is 12.8 Å². The quantitative estimate of drug-likeness (QED) is 0.786. The van der Waals surface area contributed by atoms with Crippen molar-refractivity contribution in [2.24, 2.45) is 7.05 Å². The molecule has 0 amide bonds. The zero-order valence-electron chi connectivity index (χ0n) is 14.3. The Morgan fingerprint density at radius 3 is 2.54 bits per heavy atom. The predicted molar refractivity (Wildman–Crippen MR) is 88.5 cm³/mol. The third-order valence-corrected chi connectivity index (χ3v) is 5.45. The van der Waals surface area contributed by atoms with E-state index in [0.29, 0.717) is 37.3 Å². The molecule has 0 fully saturated rings. The first-order chi connectivity index (χ1) is 11.2. The summed E-state index contributed by atoms with van der Waals surface area (Å²) in [6.45, 7) is 5.78. The highest BCUT2D eigenvalue weighted by molar-refractivity contribution is 7.90. The lowest BCUT2D eigenvalue weighted by Crippen LogP contribution is -2.36. The molecule has 0 aliphatic carbocycles. The highest BCUT2D eigenvalue weighted by Gasteiger charge is 2.24. The van der Waals surface area contributed by atoms with E-state index in [2.05, 4.69) is 24.4 Å². The summed E-state index contributed by atoms with van der Waals surface area (Å²) in [6.07, 6.45) is 1.59. The average molecular weight is 351 g/mol. The Bertz CT molecular complexity index is 958. The lowest BCUT2D eigenvalue weighted by atomic mass is 10.1. The molecule has 8 nitrogen and oxygen atoms in total. The van der Waals surface area contributed by atoms with E-state index in [1.54, 1.807) is 0 Å². The Labute approximate surface area is 140 Å². The van der Waals surface area contributed by atoms with Crippen molar-refractivity contribution in [3.63, 3.8) is 0 Å². The molecule has 1 aliphatic heterocycles. The molecule has 2 aromatic heterocycles. The number of hydrogen-bond donors (Lipinski definition) is 1. The summed E-state index contributed by atoms with van der Waals surface area (Å²) >= 11 is 0. The number of nitrogens with zero attached hydrogens (tertiary/aromatic N) is 4. The van der Waals surface area contributed by atoms with E-state index in [1.165, 1.54) is 0 Å². The van der Waals surface area contributed by atoms with Gasteiger partial charge in [0.25, 0.3) is 5.56 Å². The van der Waals surface area contributed by atoms with Crippen molar-refractivity contribution in [3.8, 4) is 0 Å². The van der Waals surface area contributed by atoms with E-state index in [1.807, 2.05) is 20.9 Å². The second-order valence-electron chi connectivity index (χ2n) is 6.29. The van der Waals surface area contributed by atoms with Crippen LogP contribution in [0, 0.1) is 13.8 Å². The highest BCUT2D eigenvalue weighted by Crippen LogP contribution is 2.18. The van der Waals surface area contributed by atoms with Crippen molar-refractivity contribution in [1.29, 1.82) is 0 Å². The SMILES string of the molecule is Cc1nc(CN2CCc3nc(S(C)(=O)=O)[nH]c(=O)c3C2)n(C)c1C. The number of aryl methyl sites for hydroxylation is 1. The molecule has 3 rings (SSSR count). The largest absolute Gasteiger partial charge is 0.334 e. The Kier molecular flexibility index (Phi) is 4.08. The van der Waals surface area contributed by atoms with Gasteiger partial charge in [0.2, 0.25) is 15.0 Å². The monoisotopic (exact) mass is 351 g/mol. The molecular weight excluding hydrogens is 330 g/mol. The van der Waals surface area contributed by atoms with Crippen LogP contribution >= 0.6 is 0 Å². The van der Waals surface area contributed by atoms with Gasteiger partial charge >= 0.3 is 0 Å². The first kappa shape index (κ1) is 16.8. The molecule has 1 N–H and O–H groups in total. The second kappa shape index (κ2) is 5.82. The molecule has 24 heavy (non-hydrogen) atoms. The molecule has 130 valence electrons. The van der Waals surface area contributed by atoms with Crippen molar-refractivity contribution in [1.82, 2.24) is 24.4 Å². The normalized spacial score (nSPS) is 15.5. The van der Waals surface area contributed by atoms with Gasteiger partial charge in [-0.3, -0.25) is 14.7 Å². The zero-order chi connectivity index (χ0) is 17.6. The number of hydrogen-bond acceptors (Lipinski definition) is 6. The van der Waals surface area contributed by atoms with Crippen LogP contribution in [0.1, 0.15) is 28.5 Å². The van der Waals surface area contributed by atoms with Gasteiger partial charge in [-0.2, -0.15) is 0 Å². The maximum atomic E-state index is 12.2. The Morgan fingerprint density at radius 2 is 1.96 bits per heavy atom. The zero-order valence-corrected chi connectivity index (χ0v) is 15.1. The third kappa shape index (κ3) is 3.01. The van der Waals surface area contributed by atoms with Gasteiger partial charge in [0, 0.05) is 38.5 Å². The van der Waals surface area contributed by atoms with Crippen molar-refractivity contribution in [3.05, 3.63) is 38.8 Å². The summed E-state index contributed by atoms with van der Waals surface area (Å²) in [5.41, 5.74) is 2.86. The first-order valence-electron chi connectivity index (χ1n) is 7.70. The molecule has 0 aromatic carbocycles. The van der Waals surface area contributed by atoms with Crippen LogP contribution in [0.2, 0.25) is 0 Å². The molecule has 2 aromatic rings. The summed E-state index contributed by atoms with van der Waals surface area (Å²) in [7, 11) is -1.54. The van der Waals surface area contributed by atoms with Gasteiger partial charge in [0.05, 0.1) is 23.5 Å². The van der Waals surface area contributed by atoms with Crippen LogP contribution in [0.4, 0.5) is 0 Å². The van der Waals surface area contributed by atoms with Gasteiger partial charge in [-0.15, -0.1) is 0 Å². The van der Waals surface area contributed by atoms with E-state index in [9.17, 15) is 13.2 Å². The van der Waals surface area contributed by atoms with Gasteiger partial charge in [0.15, 0.2) is 0 Å². The van der Waals surface area contributed by atoms with Gasteiger partial charge < -0.3 is 4.57 Å². The van der Waals surface area contributed by atoms with E-state index in [-0.39, 0.29) is 10.7 Å². The summed E-state index contributed by atoms with van der Waals surface area (Å²) in [4.78, 5) is 25.5. The minimum atomic E-state index is -3.52. The van der Waals surface area contributed by atoms with E-state index >= 15 is 0 Å². The number of fused-ring (bicyclic) bond motifs is 1. The van der Waals surface area contributed by atoms with Crippen LogP contribution in [-0.4, -0.2) is 45.6 Å². The summed E-state index contributed by atoms with van der Waals surface area (Å²) in [6, 6.07) is 0. The fourth-order valence-electron chi connectivity index (χ4n) is 2.90. The van der Waals surface area contributed by atoms with Crippen LogP contribution in [0.5, 0.6) is 0 Å². The van der Waals surface area contributed by atoms with Crippen LogP contribution in [0.15, 0.2) is 9.95 Å². The molecule has 0 bridgehead atoms. The smallest absolute Gasteiger partial charge is 0.256 e. The van der Waals surface area contributed by atoms with Crippen molar-refractivity contribution in [2.45, 2.75) is 38.5 Å². The van der Waals surface area contributed by atoms with Crippen LogP contribution < -0.4 is 5.56 Å². The van der Waals surface area contributed by atoms with Gasteiger partial charge in [-0.25, -0.2) is 18.4 Å². The molecule has 0 radical (unpaired) electrons. The molecule has 3 heterocycles. The minimum absolute atomic E-state index is 0.255. The molecule has 1 aliphatic rings. The lowest BCUT2D eigenvalue weighted by Gasteiger charge is -2.27. The average Bonchev–Trinajstić information content (AvgIpc) is 2.74. The Balaban J connectivity index is 1.87. The second-order valence-corrected chi connectivity index (χ2v) is 8.22. The lowest BCUT2D eigenvalue weighted by molar-refractivity contribution is 0.232. The van der Waals surface area contributed by atoms with E-state index in [4.69, 9.17) is 0 Å². The number of nitrogens with one attached hydrogen (secondary N) is 1. The van der Waals surface area contributed by atoms with Gasteiger partial charge in [-0.1, -0.05) is 0 Å². The molecule has 0 spiro atoms. The van der Waals surface area contributed by atoms with E-state index < -0.39 is 9.84 Å². The van der Waals surface area contributed by atoms with Gasteiger partial charge in [0.1, 0.15) is 5.82 Å². The van der Waals surface area contributed by atoms with Gasteiger partial charge in [-0.05, 0) is 13.8 Å². The third-order valence-electron chi connectivity index (χ3n) is 4.55. The predicted octanol–water partition coefficient (Wildman–Crippen LogP) is 0.0820. The van der Waals surface area contributed by atoms with Crippen LogP contribution in [0.25, 0.3) is 0 Å². The van der Waals surface area contributed by atoms with Crippen LogP contribution in [0.3, 0.4) is 0 Å². The molecule has 0 saturated heterocycles. The highest BCUT2D eigenvalue weighted by atomic mass is 32.2. The maximum absolute atomic E-state index is 12.2. The summed E-state index contributed by atoms with van der Waals surface area (Å²) in [5, 5.41) is -0.255. The molecule has 0 saturated carbocycles. The van der Waals surface area contributed by atoms with Crippen molar-refractivity contribution >= 4 is 9.84 Å². The summed E-state index contributed by atoms with van der Waals surface area (Å²) < 4.78 is 25.2. The minimum Gasteiger partial charge on any atom is -0.334 e. The van der Waals surface area contributed by atoms with Crippen molar-refractivity contribution < 1.29 is 8.42 Å². The fourth-order valence-corrected chi connectivity index (χ4v) is 3.45. The molecule has 9 heteroatoms. The number of imidazole rings is 1. The Hall–Kier alpha value is -2.00. The number of sulfone groups is 1. The molecular formula is C15H21N5O3S. The first-order valence-corrected chi connectivity index (χ1v) is 9.59. The Morgan fingerprint density at radius 1 is 1.25 bits per heavy atom. The topological polar surface area (TPSA) is 101 Å². The number of H-pyrrole nitrogens is 1.